The zero-order valence-electron chi connectivity index (χ0n) is 17.5. The number of hydrogen-bond donors (Lipinski definition) is 1. The number of esters is 1. The summed E-state index contributed by atoms with van der Waals surface area (Å²) in [4.78, 5) is 33.9. The molecule has 3 aromatic carbocycles. The molecule has 0 atom stereocenters. The second-order valence-electron chi connectivity index (χ2n) is 6.80. The standard InChI is InChI=1S/C23H18Cl2N2O7/c24-16-3-10-21(20(25)11-16)32-14-22(28)26-12-23(29)33-13-15-1-6-18(7-2-15)34-19-8-4-17(5-9-19)27(30)31/h1-11H,12-14H2,(H,26,28). The maximum Gasteiger partial charge on any atom is 0.325 e. The van der Waals surface area contributed by atoms with Gasteiger partial charge in [-0.2, -0.15) is 0 Å². The highest BCUT2D eigenvalue weighted by Crippen LogP contribution is 2.27. The Labute approximate surface area is 204 Å². The van der Waals surface area contributed by atoms with E-state index in [0.717, 1.165) is 0 Å². The third-order valence-electron chi connectivity index (χ3n) is 4.29. The van der Waals surface area contributed by atoms with Gasteiger partial charge in [-0.25, -0.2) is 0 Å². The number of hydrogen-bond acceptors (Lipinski definition) is 7. The van der Waals surface area contributed by atoms with E-state index in [0.29, 0.717) is 27.8 Å². The van der Waals surface area contributed by atoms with Crippen LogP contribution in [0.15, 0.2) is 66.7 Å². The molecule has 0 fully saturated rings. The maximum absolute atomic E-state index is 11.9. The number of carbonyl (C=O) groups is 2. The fourth-order valence-corrected chi connectivity index (χ4v) is 3.06. The number of nitrogens with one attached hydrogen (secondary N) is 1. The van der Waals surface area contributed by atoms with Crippen LogP contribution in [-0.4, -0.2) is 30.0 Å². The number of rotatable bonds is 10. The molecule has 0 aliphatic heterocycles. The highest BCUT2D eigenvalue weighted by molar-refractivity contribution is 6.35. The van der Waals surface area contributed by atoms with Crippen molar-refractivity contribution in [2.45, 2.75) is 6.61 Å². The van der Waals surface area contributed by atoms with Crippen molar-refractivity contribution in [1.82, 2.24) is 5.32 Å². The second kappa shape index (κ2) is 11.9. The molecular weight excluding hydrogens is 487 g/mol. The first-order valence-corrected chi connectivity index (χ1v) is 10.6. The molecule has 0 saturated carbocycles. The lowest BCUT2D eigenvalue weighted by Gasteiger charge is -2.10. The molecule has 34 heavy (non-hydrogen) atoms. The van der Waals surface area contributed by atoms with Crippen molar-refractivity contribution in [3.05, 3.63) is 92.5 Å². The van der Waals surface area contributed by atoms with Crippen molar-refractivity contribution in [2.24, 2.45) is 0 Å². The minimum absolute atomic E-state index is 0.00337. The van der Waals surface area contributed by atoms with E-state index in [1.54, 1.807) is 30.3 Å². The molecule has 0 aliphatic carbocycles. The summed E-state index contributed by atoms with van der Waals surface area (Å²) in [7, 11) is 0. The molecule has 0 radical (unpaired) electrons. The number of amides is 1. The van der Waals surface area contributed by atoms with Crippen molar-refractivity contribution in [3.8, 4) is 17.2 Å². The highest BCUT2D eigenvalue weighted by Gasteiger charge is 2.10. The van der Waals surface area contributed by atoms with Crippen molar-refractivity contribution in [1.29, 1.82) is 0 Å². The Morgan fingerprint density at radius 2 is 1.59 bits per heavy atom. The molecule has 0 aliphatic rings. The average molecular weight is 505 g/mol. The minimum Gasteiger partial charge on any atom is -0.482 e. The molecule has 9 nitrogen and oxygen atoms in total. The summed E-state index contributed by atoms with van der Waals surface area (Å²) >= 11 is 11.8. The Hall–Kier alpha value is -3.82. The molecule has 0 saturated heterocycles. The summed E-state index contributed by atoms with van der Waals surface area (Å²) < 4.78 is 16.0. The first-order valence-electron chi connectivity index (χ1n) is 9.81. The monoisotopic (exact) mass is 504 g/mol. The summed E-state index contributed by atoms with van der Waals surface area (Å²) in [5, 5.41) is 13.8. The topological polar surface area (TPSA) is 117 Å². The quantitative estimate of drug-likeness (QED) is 0.236. The van der Waals surface area contributed by atoms with Gasteiger partial charge >= 0.3 is 5.97 Å². The van der Waals surface area contributed by atoms with Gasteiger partial charge in [0.1, 0.15) is 30.4 Å². The Bertz CT molecular complexity index is 1170. The number of nitro groups is 1. The van der Waals surface area contributed by atoms with Crippen LogP contribution in [0.5, 0.6) is 17.2 Å². The Kier molecular flexibility index (Phi) is 8.66. The molecule has 3 aromatic rings. The van der Waals surface area contributed by atoms with E-state index in [1.807, 2.05) is 0 Å². The Morgan fingerprint density at radius 3 is 2.21 bits per heavy atom. The van der Waals surface area contributed by atoms with Crippen LogP contribution in [-0.2, 0) is 20.9 Å². The van der Waals surface area contributed by atoms with E-state index in [4.69, 9.17) is 37.4 Å². The Morgan fingerprint density at radius 1 is 0.941 bits per heavy atom. The Balaban J connectivity index is 1.38. The molecule has 0 heterocycles. The van der Waals surface area contributed by atoms with Gasteiger partial charge in [0.25, 0.3) is 11.6 Å². The van der Waals surface area contributed by atoms with Crippen LogP contribution in [0.3, 0.4) is 0 Å². The molecule has 11 heteroatoms. The van der Waals surface area contributed by atoms with Crippen molar-refractivity contribution in [3.63, 3.8) is 0 Å². The number of nitro benzene ring substituents is 1. The first-order chi connectivity index (χ1) is 16.3. The van der Waals surface area contributed by atoms with Gasteiger partial charge in [-0.1, -0.05) is 35.3 Å². The fraction of sp³-hybridized carbons (Fsp3) is 0.130. The third kappa shape index (κ3) is 7.65. The minimum atomic E-state index is -0.621. The molecule has 1 amide bonds. The van der Waals surface area contributed by atoms with E-state index in [9.17, 15) is 19.7 Å². The number of non-ortho nitro benzene ring substituents is 1. The molecule has 0 bridgehead atoms. The summed E-state index contributed by atoms with van der Waals surface area (Å²) in [6, 6.07) is 17.0. The van der Waals surface area contributed by atoms with Crippen LogP contribution >= 0.6 is 23.2 Å². The molecule has 3 rings (SSSR count). The first kappa shape index (κ1) is 24.8. The molecule has 0 spiro atoms. The van der Waals surface area contributed by atoms with Gasteiger partial charge in [-0.15, -0.1) is 0 Å². The van der Waals surface area contributed by atoms with E-state index >= 15 is 0 Å². The van der Waals surface area contributed by atoms with Gasteiger partial charge in [0, 0.05) is 17.2 Å². The predicted octanol–water partition coefficient (Wildman–Crippen LogP) is 4.93. The lowest BCUT2D eigenvalue weighted by atomic mass is 10.2. The average Bonchev–Trinajstić information content (AvgIpc) is 2.82. The molecule has 0 aromatic heterocycles. The van der Waals surface area contributed by atoms with E-state index in [-0.39, 0.29) is 30.5 Å². The number of halogens is 2. The summed E-state index contributed by atoms with van der Waals surface area (Å²) in [6.07, 6.45) is 0. The largest absolute Gasteiger partial charge is 0.482 e. The van der Waals surface area contributed by atoms with Crippen LogP contribution in [0.2, 0.25) is 10.0 Å². The number of carbonyl (C=O) groups excluding carboxylic acids is 2. The van der Waals surface area contributed by atoms with Crippen LogP contribution in [0.4, 0.5) is 5.69 Å². The molecule has 0 unspecified atom stereocenters. The van der Waals surface area contributed by atoms with Gasteiger partial charge in [0.15, 0.2) is 6.61 Å². The summed E-state index contributed by atoms with van der Waals surface area (Å²) in [6.45, 7) is -0.647. The fourth-order valence-electron chi connectivity index (χ4n) is 2.60. The number of benzene rings is 3. The predicted molar refractivity (Wildman–Crippen MR) is 124 cm³/mol. The van der Waals surface area contributed by atoms with Gasteiger partial charge in [-0.3, -0.25) is 19.7 Å². The number of ether oxygens (including phenoxy) is 3. The van der Waals surface area contributed by atoms with Crippen LogP contribution in [0.25, 0.3) is 0 Å². The van der Waals surface area contributed by atoms with Crippen molar-refractivity contribution in [2.75, 3.05) is 13.2 Å². The lowest BCUT2D eigenvalue weighted by molar-refractivity contribution is -0.384. The maximum atomic E-state index is 11.9. The smallest absolute Gasteiger partial charge is 0.325 e. The van der Waals surface area contributed by atoms with Gasteiger partial charge in [0.05, 0.1) is 9.95 Å². The van der Waals surface area contributed by atoms with Crippen LogP contribution in [0.1, 0.15) is 5.56 Å². The van der Waals surface area contributed by atoms with Gasteiger partial charge in [-0.05, 0) is 48.0 Å². The van der Waals surface area contributed by atoms with Gasteiger partial charge < -0.3 is 19.5 Å². The molecular formula is C23H18Cl2N2O7. The van der Waals surface area contributed by atoms with E-state index < -0.39 is 16.8 Å². The zero-order chi connectivity index (χ0) is 24.5. The third-order valence-corrected chi connectivity index (χ3v) is 4.82. The summed E-state index contributed by atoms with van der Waals surface area (Å²) in [5.74, 6) is 0.115. The number of nitrogens with zero attached hydrogens (tertiary/aromatic N) is 1. The highest BCUT2D eigenvalue weighted by atomic mass is 35.5. The van der Waals surface area contributed by atoms with Gasteiger partial charge in [0.2, 0.25) is 0 Å². The normalized spacial score (nSPS) is 10.3. The SMILES string of the molecule is O=C(COc1ccc(Cl)cc1Cl)NCC(=O)OCc1ccc(Oc2ccc([N+](=O)[O-])cc2)cc1. The van der Waals surface area contributed by atoms with E-state index in [1.165, 1.54) is 36.4 Å². The zero-order valence-corrected chi connectivity index (χ0v) is 19.0. The lowest BCUT2D eigenvalue weighted by Crippen LogP contribution is -2.34. The summed E-state index contributed by atoms with van der Waals surface area (Å²) in [5.41, 5.74) is 0.677. The van der Waals surface area contributed by atoms with Crippen molar-refractivity contribution < 1.29 is 28.7 Å². The second-order valence-corrected chi connectivity index (χ2v) is 7.64. The van der Waals surface area contributed by atoms with Crippen LogP contribution < -0.4 is 14.8 Å². The van der Waals surface area contributed by atoms with E-state index in [2.05, 4.69) is 5.32 Å². The van der Waals surface area contributed by atoms with Crippen molar-refractivity contribution >= 4 is 40.8 Å². The molecule has 1 N–H and O–H groups in total. The molecule has 176 valence electrons. The van der Waals surface area contributed by atoms with Crippen LogP contribution in [0, 0.1) is 10.1 Å².